The molecule has 1 saturated heterocycles. The summed E-state index contributed by atoms with van der Waals surface area (Å²) in [6.07, 6.45) is 0. The summed E-state index contributed by atoms with van der Waals surface area (Å²) >= 11 is 21.7. The van der Waals surface area contributed by atoms with E-state index >= 15 is 0 Å². The second-order valence-electron chi connectivity index (χ2n) is 5.23. The van der Waals surface area contributed by atoms with Crippen molar-refractivity contribution in [1.82, 2.24) is 10.6 Å². The Kier molecular flexibility index (Phi) is 6.19. The highest BCUT2D eigenvalue weighted by Crippen LogP contribution is 2.27. The Morgan fingerprint density at radius 2 is 1.62 bits per heavy atom. The molecule has 2 atom stereocenters. The fraction of sp³-hybridized carbons (Fsp3) is 0.385. The monoisotopic (exact) mass is 429 g/mol. The van der Waals surface area contributed by atoms with Crippen molar-refractivity contribution in [1.29, 1.82) is 0 Å². The first-order chi connectivity index (χ1) is 11.1. The number of sulfone groups is 1. The van der Waals surface area contributed by atoms with Crippen molar-refractivity contribution < 1.29 is 13.2 Å². The summed E-state index contributed by atoms with van der Waals surface area (Å²) in [4.78, 5) is 11.8. The SMILES string of the molecule is O=C(N[C@@H]1CS(=O)(=O)C[C@@H]1NC(=S)Nc1ccccc1)C(Cl)(Cl)Cl. The Hall–Kier alpha value is -0.800. The van der Waals surface area contributed by atoms with Gasteiger partial charge in [0.1, 0.15) is 0 Å². The average molecular weight is 431 g/mol. The minimum absolute atomic E-state index is 0.186. The fourth-order valence-electron chi connectivity index (χ4n) is 2.24. The van der Waals surface area contributed by atoms with Crippen LogP contribution in [0.5, 0.6) is 0 Å². The highest BCUT2D eigenvalue weighted by molar-refractivity contribution is 7.91. The van der Waals surface area contributed by atoms with Crippen molar-refractivity contribution >= 4 is 73.6 Å². The van der Waals surface area contributed by atoms with Crippen molar-refractivity contribution in [2.75, 3.05) is 16.8 Å². The van der Waals surface area contributed by atoms with Crippen molar-refractivity contribution in [3.63, 3.8) is 0 Å². The number of hydrogen-bond donors (Lipinski definition) is 3. The van der Waals surface area contributed by atoms with Crippen LogP contribution < -0.4 is 16.0 Å². The maximum Gasteiger partial charge on any atom is 0.272 e. The average Bonchev–Trinajstić information content (AvgIpc) is 2.72. The predicted octanol–water partition coefficient (Wildman–Crippen LogP) is 1.63. The highest BCUT2D eigenvalue weighted by Gasteiger charge is 2.42. The van der Waals surface area contributed by atoms with Gasteiger partial charge in [0.2, 0.25) is 0 Å². The second kappa shape index (κ2) is 7.61. The highest BCUT2D eigenvalue weighted by atomic mass is 35.6. The van der Waals surface area contributed by atoms with Crippen LogP contribution in [0.3, 0.4) is 0 Å². The van der Waals surface area contributed by atoms with Crippen LogP contribution >= 0.6 is 47.0 Å². The molecule has 1 aromatic carbocycles. The first kappa shape index (κ1) is 19.5. The zero-order chi connectivity index (χ0) is 18.0. The molecule has 0 saturated carbocycles. The summed E-state index contributed by atoms with van der Waals surface area (Å²) < 4.78 is 21.6. The van der Waals surface area contributed by atoms with Gasteiger partial charge in [-0.3, -0.25) is 4.79 Å². The Bertz CT molecular complexity index is 723. The minimum atomic E-state index is -3.35. The van der Waals surface area contributed by atoms with E-state index in [1.54, 1.807) is 0 Å². The Labute approximate surface area is 160 Å². The van der Waals surface area contributed by atoms with Crippen LogP contribution in [0.4, 0.5) is 5.69 Å². The second-order valence-corrected chi connectivity index (χ2v) is 10.1. The summed E-state index contributed by atoms with van der Waals surface area (Å²) in [5.74, 6) is -1.33. The van der Waals surface area contributed by atoms with Crippen molar-refractivity contribution in [2.45, 2.75) is 15.9 Å². The first-order valence-electron chi connectivity index (χ1n) is 6.77. The number of rotatable bonds is 3. The lowest BCUT2D eigenvalue weighted by atomic mass is 10.2. The Morgan fingerprint density at radius 1 is 1.08 bits per heavy atom. The van der Waals surface area contributed by atoms with Crippen LogP contribution in [0.25, 0.3) is 0 Å². The van der Waals surface area contributed by atoms with Crippen LogP contribution in [0.15, 0.2) is 30.3 Å². The minimum Gasteiger partial charge on any atom is -0.357 e. The molecule has 6 nitrogen and oxygen atoms in total. The first-order valence-corrected chi connectivity index (χ1v) is 10.1. The van der Waals surface area contributed by atoms with E-state index in [0.717, 1.165) is 5.69 Å². The zero-order valence-electron chi connectivity index (χ0n) is 12.1. The molecule has 0 spiro atoms. The van der Waals surface area contributed by atoms with Crippen LogP contribution in [0.2, 0.25) is 0 Å². The van der Waals surface area contributed by atoms with Gasteiger partial charge in [0, 0.05) is 5.69 Å². The van der Waals surface area contributed by atoms with Crippen LogP contribution in [0.1, 0.15) is 0 Å². The lowest BCUT2D eigenvalue weighted by Gasteiger charge is -2.23. The van der Waals surface area contributed by atoms with Crippen molar-refractivity contribution in [2.24, 2.45) is 0 Å². The number of carbonyl (C=O) groups excluding carboxylic acids is 1. The van der Waals surface area contributed by atoms with Gasteiger partial charge in [-0.05, 0) is 24.4 Å². The molecule has 11 heteroatoms. The van der Waals surface area contributed by atoms with E-state index in [9.17, 15) is 13.2 Å². The largest absolute Gasteiger partial charge is 0.357 e. The summed E-state index contributed by atoms with van der Waals surface area (Å²) in [5, 5.41) is 8.48. The molecule has 0 aliphatic carbocycles. The molecule has 1 aromatic rings. The molecule has 1 fully saturated rings. The molecule has 132 valence electrons. The molecule has 0 bridgehead atoms. The molecule has 0 aromatic heterocycles. The summed E-state index contributed by atoms with van der Waals surface area (Å²) in [6.45, 7) is 0. The Morgan fingerprint density at radius 3 is 2.17 bits per heavy atom. The molecule has 0 unspecified atom stereocenters. The van der Waals surface area contributed by atoms with Crippen LogP contribution in [-0.4, -0.2) is 46.8 Å². The maximum atomic E-state index is 11.9. The number of alkyl halides is 3. The number of benzene rings is 1. The standard InChI is InChI=1S/C13H14Cl3N3O3S2/c14-13(15,16)11(20)18-9-6-24(21,22)7-10(9)19-12(23)17-8-4-2-1-3-5-8/h1-5,9-10H,6-7H2,(H,18,20)(H2,17,19,23)/t9-,10+/m1/s1. The summed E-state index contributed by atoms with van der Waals surface area (Å²) in [5.41, 5.74) is 0.748. The maximum absolute atomic E-state index is 11.9. The molecule has 1 amide bonds. The molecule has 2 rings (SSSR count). The van der Waals surface area contributed by atoms with Gasteiger partial charge in [0.25, 0.3) is 9.70 Å². The molecule has 1 aliphatic rings. The van der Waals surface area contributed by atoms with Gasteiger partial charge in [-0.1, -0.05) is 53.0 Å². The Balaban J connectivity index is 2.03. The molecule has 3 N–H and O–H groups in total. The molecule has 1 aliphatic heterocycles. The molecule has 1 heterocycles. The van der Waals surface area contributed by atoms with E-state index in [4.69, 9.17) is 47.0 Å². The summed E-state index contributed by atoms with van der Waals surface area (Å²) in [6, 6.07) is 7.74. The molecule has 24 heavy (non-hydrogen) atoms. The number of halogens is 3. The van der Waals surface area contributed by atoms with Crippen LogP contribution in [-0.2, 0) is 14.6 Å². The number of nitrogens with one attached hydrogen (secondary N) is 3. The van der Waals surface area contributed by atoms with E-state index in [2.05, 4.69) is 16.0 Å². The van der Waals surface area contributed by atoms with Gasteiger partial charge in [-0.25, -0.2) is 8.42 Å². The lowest BCUT2D eigenvalue weighted by Crippen LogP contribution is -2.53. The predicted molar refractivity (Wildman–Crippen MR) is 100 cm³/mol. The van der Waals surface area contributed by atoms with E-state index in [0.29, 0.717) is 0 Å². The third-order valence-corrected chi connectivity index (χ3v) is 5.74. The molecular weight excluding hydrogens is 417 g/mol. The lowest BCUT2D eigenvalue weighted by molar-refractivity contribution is -0.120. The topological polar surface area (TPSA) is 87.3 Å². The third-order valence-electron chi connectivity index (χ3n) is 3.27. The van der Waals surface area contributed by atoms with Gasteiger partial charge in [-0.15, -0.1) is 0 Å². The number of para-hydroxylation sites is 1. The van der Waals surface area contributed by atoms with E-state index < -0.39 is 31.6 Å². The van der Waals surface area contributed by atoms with E-state index in [1.165, 1.54) is 0 Å². The van der Waals surface area contributed by atoms with Gasteiger partial charge in [-0.2, -0.15) is 0 Å². The molecular formula is C13H14Cl3N3O3S2. The van der Waals surface area contributed by atoms with Crippen molar-refractivity contribution in [3.8, 4) is 0 Å². The van der Waals surface area contributed by atoms with Gasteiger partial charge >= 0.3 is 0 Å². The number of amides is 1. The van der Waals surface area contributed by atoms with Crippen molar-refractivity contribution in [3.05, 3.63) is 30.3 Å². The normalized spacial score (nSPS) is 22.6. The van der Waals surface area contributed by atoms with E-state index in [-0.39, 0.29) is 16.6 Å². The molecule has 0 radical (unpaired) electrons. The van der Waals surface area contributed by atoms with Gasteiger partial charge < -0.3 is 16.0 Å². The zero-order valence-corrected chi connectivity index (χ0v) is 16.0. The van der Waals surface area contributed by atoms with Gasteiger partial charge in [0.05, 0.1) is 23.6 Å². The summed E-state index contributed by atoms with van der Waals surface area (Å²) in [7, 11) is -3.35. The smallest absolute Gasteiger partial charge is 0.272 e. The quantitative estimate of drug-likeness (QED) is 0.499. The third kappa shape index (κ3) is 5.63. The number of hydrogen-bond acceptors (Lipinski definition) is 4. The van der Waals surface area contributed by atoms with E-state index in [1.807, 2.05) is 30.3 Å². The number of thiocarbonyl (C=S) groups is 1. The van der Waals surface area contributed by atoms with Crippen LogP contribution in [0, 0.1) is 0 Å². The fourth-order valence-corrected chi connectivity index (χ4v) is 4.53. The number of carbonyl (C=O) groups is 1. The number of anilines is 1. The van der Waals surface area contributed by atoms with Gasteiger partial charge in [0.15, 0.2) is 14.9 Å².